The third kappa shape index (κ3) is 3.60. The summed E-state index contributed by atoms with van der Waals surface area (Å²) in [6.45, 7) is 4.18. The van der Waals surface area contributed by atoms with E-state index in [1.807, 2.05) is 24.3 Å². The van der Waals surface area contributed by atoms with Gasteiger partial charge >= 0.3 is 0 Å². The molecule has 2 aromatic rings. The predicted molar refractivity (Wildman–Crippen MR) is 96.8 cm³/mol. The van der Waals surface area contributed by atoms with E-state index in [-0.39, 0.29) is 11.9 Å². The molecule has 2 heterocycles. The Bertz CT molecular complexity index is 796. The van der Waals surface area contributed by atoms with Crippen LogP contribution in [0, 0.1) is 0 Å². The standard InChI is InChI=1S/C19H21ClN2O2/c1-19(2,24)17-4-3-11-22(17)18(23)10-9-15-8-6-13-5-7-14(20)12-16(13)21-15/h5-10,12,17,24H,3-4,11H2,1-2H3/b10-9+. The zero-order valence-corrected chi connectivity index (χ0v) is 14.6. The number of amides is 1. The van der Waals surface area contributed by atoms with Crippen LogP contribution < -0.4 is 0 Å². The molecule has 1 atom stereocenters. The first kappa shape index (κ1) is 16.9. The summed E-state index contributed by atoms with van der Waals surface area (Å²) in [6.07, 6.45) is 4.99. The molecule has 126 valence electrons. The summed E-state index contributed by atoms with van der Waals surface area (Å²) in [5.74, 6) is -0.0902. The summed E-state index contributed by atoms with van der Waals surface area (Å²) in [5.41, 5.74) is 0.613. The maximum Gasteiger partial charge on any atom is 0.246 e. The van der Waals surface area contributed by atoms with Gasteiger partial charge in [-0.1, -0.05) is 23.7 Å². The molecule has 0 bridgehead atoms. The molecule has 1 unspecified atom stereocenters. The molecule has 0 saturated carbocycles. The summed E-state index contributed by atoms with van der Waals surface area (Å²) in [5, 5.41) is 11.9. The van der Waals surface area contributed by atoms with Gasteiger partial charge in [0.1, 0.15) is 0 Å². The number of aliphatic hydroxyl groups is 1. The average molecular weight is 345 g/mol. The molecule has 4 nitrogen and oxygen atoms in total. The fourth-order valence-corrected chi connectivity index (χ4v) is 3.38. The number of aromatic nitrogens is 1. The van der Waals surface area contributed by atoms with E-state index in [0.29, 0.717) is 17.3 Å². The van der Waals surface area contributed by atoms with Crippen molar-refractivity contribution in [3.05, 3.63) is 47.1 Å². The van der Waals surface area contributed by atoms with E-state index in [1.54, 1.807) is 30.9 Å². The van der Waals surface area contributed by atoms with Crippen LogP contribution in [0.5, 0.6) is 0 Å². The first-order chi connectivity index (χ1) is 11.3. The van der Waals surface area contributed by atoms with Crippen LogP contribution in [0.15, 0.2) is 36.4 Å². The molecule has 0 radical (unpaired) electrons. The third-order valence-electron chi connectivity index (χ3n) is 4.42. The molecule has 1 amide bonds. The highest BCUT2D eigenvalue weighted by Gasteiger charge is 2.37. The second-order valence-corrected chi connectivity index (χ2v) is 7.19. The quantitative estimate of drug-likeness (QED) is 0.864. The van der Waals surface area contributed by atoms with Crippen molar-refractivity contribution in [2.75, 3.05) is 6.54 Å². The summed E-state index contributed by atoms with van der Waals surface area (Å²) in [7, 11) is 0. The van der Waals surface area contributed by atoms with Gasteiger partial charge in [0.2, 0.25) is 5.91 Å². The van der Waals surface area contributed by atoms with E-state index in [1.165, 1.54) is 6.08 Å². The Morgan fingerprint density at radius 1 is 1.38 bits per heavy atom. The highest BCUT2D eigenvalue weighted by Crippen LogP contribution is 2.27. The SMILES string of the molecule is CC(C)(O)C1CCCN1C(=O)/C=C/c1ccc2ccc(Cl)cc2n1. The number of pyridine rings is 1. The number of likely N-dealkylation sites (tertiary alicyclic amines) is 1. The van der Waals surface area contributed by atoms with Gasteiger partial charge in [-0.15, -0.1) is 0 Å². The molecule has 3 rings (SSSR count). The molecule has 1 aliphatic rings. The Balaban J connectivity index is 1.79. The summed E-state index contributed by atoms with van der Waals surface area (Å²) in [6, 6.07) is 9.24. The highest BCUT2D eigenvalue weighted by molar-refractivity contribution is 6.31. The van der Waals surface area contributed by atoms with Crippen molar-refractivity contribution in [2.45, 2.75) is 38.3 Å². The van der Waals surface area contributed by atoms with Crippen molar-refractivity contribution in [1.82, 2.24) is 9.88 Å². The van der Waals surface area contributed by atoms with Gasteiger partial charge in [0.05, 0.1) is 22.9 Å². The summed E-state index contributed by atoms with van der Waals surface area (Å²) < 4.78 is 0. The molecule has 1 aromatic carbocycles. The molecular formula is C19H21ClN2O2. The zero-order valence-electron chi connectivity index (χ0n) is 13.9. The van der Waals surface area contributed by atoms with Crippen LogP contribution in [-0.4, -0.2) is 39.1 Å². The number of carbonyl (C=O) groups is 1. The molecule has 1 saturated heterocycles. The Kier molecular flexibility index (Phi) is 4.61. The number of benzene rings is 1. The van der Waals surface area contributed by atoms with Gasteiger partial charge in [-0.05, 0) is 51.0 Å². The van der Waals surface area contributed by atoms with Crippen molar-refractivity contribution >= 4 is 34.5 Å². The summed E-state index contributed by atoms with van der Waals surface area (Å²) in [4.78, 5) is 18.7. The first-order valence-electron chi connectivity index (χ1n) is 8.12. The van der Waals surface area contributed by atoms with Gasteiger partial charge in [0, 0.05) is 23.0 Å². The lowest BCUT2D eigenvalue weighted by molar-refractivity contribution is -0.131. The lowest BCUT2D eigenvalue weighted by atomic mass is 9.96. The van der Waals surface area contributed by atoms with Crippen LogP contribution in [0.3, 0.4) is 0 Å². The van der Waals surface area contributed by atoms with Crippen LogP contribution in [-0.2, 0) is 4.79 Å². The smallest absolute Gasteiger partial charge is 0.246 e. The van der Waals surface area contributed by atoms with Gasteiger partial charge < -0.3 is 10.0 Å². The fraction of sp³-hybridized carbons (Fsp3) is 0.368. The van der Waals surface area contributed by atoms with Crippen LogP contribution in [0.1, 0.15) is 32.4 Å². The van der Waals surface area contributed by atoms with E-state index >= 15 is 0 Å². The molecule has 24 heavy (non-hydrogen) atoms. The van der Waals surface area contributed by atoms with Crippen molar-refractivity contribution in [1.29, 1.82) is 0 Å². The van der Waals surface area contributed by atoms with Crippen LogP contribution in [0.25, 0.3) is 17.0 Å². The lowest BCUT2D eigenvalue weighted by Crippen LogP contribution is -2.47. The van der Waals surface area contributed by atoms with Gasteiger partial charge in [0.25, 0.3) is 0 Å². The number of nitrogens with zero attached hydrogens (tertiary/aromatic N) is 2. The van der Waals surface area contributed by atoms with Crippen LogP contribution >= 0.6 is 11.6 Å². The maximum atomic E-state index is 12.5. The van der Waals surface area contributed by atoms with E-state index in [0.717, 1.165) is 23.7 Å². The fourth-order valence-electron chi connectivity index (χ4n) is 3.22. The number of hydrogen-bond acceptors (Lipinski definition) is 3. The average Bonchev–Trinajstić information content (AvgIpc) is 3.02. The Labute approximate surface area is 146 Å². The van der Waals surface area contributed by atoms with Crippen molar-refractivity contribution < 1.29 is 9.90 Å². The number of halogens is 1. The predicted octanol–water partition coefficient (Wildman–Crippen LogP) is 3.66. The molecular weight excluding hydrogens is 324 g/mol. The van der Waals surface area contributed by atoms with E-state index in [4.69, 9.17) is 11.6 Å². The van der Waals surface area contributed by atoms with E-state index in [2.05, 4.69) is 4.98 Å². The van der Waals surface area contributed by atoms with Crippen molar-refractivity contribution in [2.24, 2.45) is 0 Å². The molecule has 5 heteroatoms. The first-order valence-corrected chi connectivity index (χ1v) is 8.50. The topological polar surface area (TPSA) is 53.4 Å². The lowest BCUT2D eigenvalue weighted by Gasteiger charge is -2.33. The summed E-state index contributed by atoms with van der Waals surface area (Å²) >= 11 is 6.00. The number of hydrogen-bond donors (Lipinski definition) is 1. The third-order valence-corrected chi connectivity index (χ3v) is 4.66. The zero-order chi connectivity index (χ0) is 17.3. The number of rotatable bonds is 3. The maximum absolute atomic E-state index is 12.5. The molecule has 1 N–H and O–H groups in total. The van der Waals surface area contributed by atoms with E-state index < -0.39 is 5.60 Å². The van der Waals surface area contributed by atoms with Gasteiger partial charge in [-0.25, -0.2) is 4.98 Å². The van der Waals surface area contributed by atoms with Crippen LogP contribution in [0.4, 0.5) is 0 Å². The molecule has 1 fully saturated rings. The minimum absolute atomic E-state index is 0.0902. The second kappa shape index (κ2) is 6.54. The van der Waals surface area contributed by atoms with Crippen LogP contribution in [0.2, 0.25) is 5.02 Å². The molecule has 0 aliphatic carbocycles. The molecule has 1 aromatic heterocycles. The Morgan fingerprint density at radius 2 is 2.12 bits per heavy atom. The molecule has 1 aliphatic heterocycles. The Hall–Kier alpha value is -1.91. The highest BCUT2D eigenvalue weighted by atomic mass is 35.5. The molecule has 0 spiro atoms. The van der Waals surface area contributed by atoms with E-state index in [9.17, 15) is 9.90 Å². The van der Waals surface area contributed by atoms with Crippen molar-refractivity contribution in [3.63, 3.8) is 0 Å². The van der Waals surface area contributed by atoms with Gasteiger partial charge in [0.15, 0.2) is 0 Å². The number of fused-ring (bicyclic) bond motifs is 1. The number of carbonyl (C=O) groups excluding carboxylic acids is 1. The Morgan fingerprint density at radius 3 is 2.88 bits per heavy atom. The minimum Gasteiger partial charge on any atom is -0.388 e. The van der Waals surface area contributed by atoms with Gasteiger partial charge in [-0.2, -0.15) is 0 Å². The minimum atomic E-state index is -0.891. The van der Waals surface area contributed by atoms with Crippen molar-refractivity contribution in [3.8, 4) is 0 Å². The normalized spacial score (nSPS) is 18.7. The second-order valence-electron chi connectivity index (χ2n) is 6.75. The van der Waals surface area contributed by atoms with Gasteiger partial charge in [-0.3, -0.25) is 4.79 Å². The monoisotopic (exact) mass is 344 g/mol. The largest absolute Gasteiger partial charge is 0.388 e.